The molecule has 1 aliphatic heterocycles. The topological polar surface area (TPSA) is 65.2 Å². The van der Waals surface area contributed by atoms with Crippen LogP contribution in [0.2, 0.25) is 0 Å². The fourth-order valence-electron chi connectivity index (χ4n) is 3.58. The Morgan fingerprint density at radius 2 is 1.93 bits per heavy atom. The van der Waals surface area contributed by atoms with Crippen LogP contribution < -0.4 is 0 Å². The fourth-order valence-corrected chi connectivity index (χ4v) is 3.58. The molecule has 4 heterocycles. The van der Waals surface area contributed by atoms with Gasteiger partial charge in [0, 0.05) is 23.5 Å². The third kappa shape index (κ3) is 3.25. The summed E-state index contributed by atoms with van der Waals surface area (Å²) in [5.41, 5.74) is 4.59. The molecule has 146 valence electrons. The van der Waals surface area contributed by atoms with Crippen molar-refractivity contribution < 1.29 is 13.5 Å². The molecule has 6 nitrogen and oxygen atoms in total. The number of halogens is 2. The van der Waals surface area contributed by atoms with Gasteiger partial charge in [0.2, 0.25) is 0 Å². The number of fused-ring (bicyclic) bond motifs is 3. The maximum atomic E-state index is 13.1. The predicted molar refractivity (Wildman–Crippen MR) is 105 cm³/mol. The first-order valence-corrected chi connectivity index (χ1v) is 9.35. The third-order valence-corrected chi connectivity index (χ3v) is 5.02. The molecule has 29 heavy (non-hydrogen) atoms. The maximum absolute atomic E-state index is 13.1. The summed E-state index contributed by atoms with van der Waals surface area (Å²) in [5.74, 6) is 0.759. The maximum Gasteiger partial charge on any atom is 0.265 e. The Hall–Kier alpha value is -3.26. The number of nitrogens with zero attached hydrogens (tertiary/aromatic N) is 5. The Bertz CT molecular complexity index is 1230. The van der Waals surface area contributed by atoms with Crippen molar-refractivity contribution in [2.45, 2.75) is 19.3 Å². The number of pyridine rings is 1. The van der Waals surface area contributed by atoms with Gasteiger partial charge in [-0.1, -0.05) is 12.1 Å². The molecule has 0 bridgehead atoms. The summed E-state index contributed by atoms with van der Waals surface area (Å²) in [7, 11) is 0. The number of benzene rings is 1. The summed E-state index contributed by atoms with van der Waals surface area (Å²) in [4.78, 5) is 8.43. The number of hydrogen-bond acceptors (Lipinski definition) is 5. The number of ether oxygens (including phenoxy) is 1. The van der Waals surface area contributed by atoms with Gasteiger partial charge in [-0.25, -0.2) is 8.78 Å². The zero-order valence-corrected chi connectivity index (χ0v) is 15.4. The highest BCUT2D eigenvalue weighted by Gasteiger charge is 2.16. The van der Waals surface area contributed by atoms with E-state index in [-0.39, 0.29) is 5.56 Å². The average molecular weight is 393 g/mol. The van der Waals surface area contributed by atoms with Crippen molar-refractivity contribution >= 4 is 22.3 Å². The standard InChI is InChI=1S/C21H17F2N5O/c22-20(23)16-8-15(10-24-11-16)14-3-4-17-18(9-14)28-19(12-25-17)26-27-21(28)13-2-1-6-29-7-5-13/h2-4,8-12,20H,1,5-7H2. The molecule has 0 radical (unpaired) electrons. The Labute approximate surface area is 164 Å². The average Bonchev–Trinajstić information content (AvgIpc) is 3.00. The molecule has 0 amide bonds. The van der Waals surface area contributed by atoms with Crippen LogP contribution in [0, 0.1) is 0 Å². The largest absolute Gasteiger partial charge is 0.381 e. The fraction of sp³-hybridized carbons (Fsp3) is 0.238. The Morgan fingerprint density at radius 3 is 2.83 bits per heavy atom. The van der Waals surface area contributed by atoms with Gasteiger partial charge in [-0.2, -0.15) is 0 Å². The van der Waals surface area contributed by atoms with Crippen LogP contribution in [0.4, 0.5) is 8.78 Å². The Balaban J connectivity index is 1.70. The Kier molecular flexibility index (Phi) is 4.48. The Morgan fingerprint density at radius 1 is 1.00 bits per heavy atom. The van der Waals surface area contributed by atoms with Crippen molar-refractivity contribution in [1.82, 2.24) is 24.6 Å². The lowest BCUT2D eigenvalue weighted by molar-refractivity contribution is 0.148. The van der Waals surface area contributed by atoms with Crippen molar-refractivity contribution in [1.29, 1.82) is 0 Å². The van der Waals surface area contributed by atoms with Crippen molar-refractivity contribution in [2.75, 3.05) is 13.2 Å². The number of alkyl halides is 2. The van der Waals surface area contributed by atoms with E-state index in [9.17, 15) is 8.78 Å². The molecular formula is C21H17F2N5O. The van der Waals surface area contributed by atoms with Crippen molar-refractivity contribution in [3.8, 4) is 11.1 Å². The third-order valence-electron chi connectivity index (χ3n) is 5.02. The minimum atomic E-state index is -2.56. The summed E-state index contributed by atoms with van der Waals surface area (Å²) in [6, 6.07) is 7.11. The first-order chi connectivity index (χ1) is 14.2. The summed E-state index contributed by atoms with van der Waals surface area (Å²) < 4.78 is 33.7. The van der Waals surface area contributed by atoms with Crippen LogP contribution in [-0.4, -0.2) is 37.8 Å². The first kappa shape index (κ1) is 17.8. The summed E-state index contributed by atoms with van der Waals surface area (Å²) in [5, 5.41) is 8.66. The molecule has 1 aliphatic rings. The van der Waals surface area contributed by atoms with E-state index < -0.39 is 6.43 Å². The molecule has 0 N–H and O–H groups in total. The lowest BCUT2D eigenvalue weighted by Crippen LogP contribution is -1.99. The lowest BCUT2D eigenvalue weighted by Gasteiger charge is -2.09. The van der Waals surface area contributed by atoms with Gasteiger partial charge in [0.15, 0.2) is 11.5 Å². The molecular weight excluding hydrogens is 376 g/mol. The minimum absolute atomic E-state index is 0.104. The van der Waals surface area contributed by atoms with Crippen molar-refractivity contribution in [2.24, 2.45) is 0 Å². The molecule has 0 saturated heterocycles. The highest BCUT2D eigenvalue weighted by atomic mass is 19.3. The zero-order valence-electron chi connectivity index (χ0n) is 15.4. The molecule has 0 saturated carbocycles. The quantitative estimate of drug-likeness (QED) is 0.514. The summed E-state index contributed by atoms with van der Waals surface area (Å²) in [6.07, 6.45) is 5.60. The van der Waals surface area contributed by atoms with E-state index in [1.54, 1.807) is 12.4 Å². The number of aromatic nitrogens is 5. The van der Waals surface area contributed by atoms with Crippen LogP contribution in [0.1, 0.15) is 30.7 Å². The highest BCUT2D eigenvalue weighted by Crippen LogP contribution is 2.29. The SMILES string of the molecule is FC(F)c1cncc(-c2ccc3ncc4nnc(C5=CCCOCC5)n4c3c2)c1. The van der Waals surface area contributed by atoms with Gasteiger partial charge >= 0.3 is 0 Å². The zero-order chi connectivity index (χ0) is 19.8. The summed E-state index contributed by atoms with van der Waals surface area (Å²) >= 11 is 0. The highest BCUT2D eigenvalue weighted by molar-refractivity contribution is 5.84. The van der Waals surface area contributed by atoms with Gasteiger partial charge in [0.25, 0.3) is 6.43 Å². The van der Waals surface area contributed by atoms with Gasteiger partial charge in [0.05, 0.1) is 30.4 Å². The van der Waals surface area contributed by atoms with E-state index >= 15 is 0 Å². The smallest absolute Gasteiger partial charge is 0.265 e. The van der Waals surface area contributed by atoms with Crippen molar-refractivity contribution in [3.05, 3.63) is 60.3 Å². The molecule has 0 unspecified atom stereocenters. The molecule has 0 spiro atoms. The van der Waals surface area contributed by atoms with Crippen LogP contribution in [-0.2, 0) is 4.74 Å². The van der Waals surface area contributed by atoms with E-state index in [0.29, 0.717) is 24.4 Å². The molecule has 8 heteroatoms. The van der Waals surface area contributed by atoms with Gasteiger partial charge in [-0.15, -0.1) is 10.2 Å². The minimum Gasteiger partial charge on any atom is -0.381 e. The van der Waals surface area contributed by atoms with Crippen LogP contribution in [0.25, 0.3) is 33.4 Å². The number of hydrogen-bond donors (Lipinski definition) is 0. The second-order valence-electron chi connectivity index (χ2n) is 6.87. The van der Waals surface area contributed by atoms with Crippen molar-refractivity contribution in [3.63, 3.8) is 0 Å². The van der Waals surface area contributed by atoms with E-state index in [1.165, 1.54) is 12.3 Å². The van der Waals surface area contributed by atoms with Gasteiger partial charge in [-0.3, -0.25) is 14.4 Å². The van der Waals surface area contributed by atoms with E-state index in [4.69, 9.17) is 4.74 Å². The van der Waals surface area contributed by atoms with E-state index in [0.717, 1.165) is 40.8 Å². The van der Waals surface area contributed by atoms with E-state index in [1.807, 2.05) is 22.6 Å². The second kappa shape index (κ2) is 7.29. The van der Waals surface area contributed by atoms with Crippen LogP contribution in [0.3, 0.4) is 0 Å². The molecule has 3 aromatic heterocycles. The van der Waals surface area contributed by atoms with Crippen LogP contribution in [0.15, 0.2) is 48.9 Å². The normalized spacial score (nSPS) is 15.1. The monoisotopic (exact) mass is 393 g/mol. The van der Waals surface area contributed by atoms with E-state index in [2.05, 4.69) is 26.2 Å². The second-order valence-corrected chi connectivity index (χ2v) is 6.87. The van der Waals surface area contributed by atoms with Gasteiger partial charge < -0.3 is 4.74 Å². The molecule has 5 rings (SSSR count). The van der Waals surface area contributed by atoms with Gasteiger partial charge in [0.1, 0.15) is 0 Å². The predicted octanol–water partition coefficient (Wildman–Crippen LogP) is 4.47. The molecule has 0 fully saturated rings. The lowest BCUT2D eigenvalue weighted by atomic mass is 10.0. The molecule has 4 aromatic rings. The first-order valence-electron chi connectivity index (χ1n) is 9.35. The van der Waals surface area contributed by atoms with Gasteiger partial charge in [-0.05, 0) is 42.2 Å². The molecule has 1 aromatic carbocycles. The number of rotatable bonds is 3. The van der Waals surface area contributed by atoms with Crippen LogP contribution in [0.5, 0.6) is 0 Å². The molecule has 0 atom stereocenters. The molecule has 0 aliphatic carbocycles. The summed E-state index contributed by atoms with van der Waals surface area (Å²) in [6.45, 7) is 1.33. The van der Waals surface area contributed by atoms with Crippen LogP contribution >= 0.6 is 0 Å².